The minimum Gasteiger partial charge on any atom is -0.487 e. The van der Waals surface area contributed by atoms with E-state index in [0.29, 0.717) is 120 Å². The van der Waals surface area contributed by atoms with E-state index in [1.165, 1.54) is 11.1 Å². The zero-order valence-corrected chi connectivity index (χ0v) is 43.4. The molecule has 0 atom stereocenters. The van der Waals surface area contributed by atoms with Crippen LogP contribution in [0.5, 0.6) is 11.5 Å². The molecule has 4 heterocycles. The summed E-state index contributed by atoms with van der Waals surface area (Å²) in [4.78, 5) is 33.0. The van der Waals surface area contributed by atoms with Crippen molar-refractivity contribution in [3.63, 3.8) is 0 Å². The quantitative estimate of drug-likeness (QED) is 0.0433. The molecular weight excluding hydrogens is 932 g/mol. The average molecular weight is 1000 g/mol. The molecule has 5 rings (SSSR count). The number of carboxylic acids is 1. The summed E-state index contributed by atoms with van der Waals surface area (Å²) >= 11 is 0. The predicted molar refractivity (Wildman–Crippen MR) is 264 cm³/mol. The van der Waals surface area contributed by atoms with E-state index in [0.717, 1.165) is 70.2 Å². The fourth-order valence-corrected chi connectivity index (χ4v) is 7.41. The zero-order valence-electron chi connectivity index (χ0n) is 41.0. The van der Waals surface area contributed by atoms with Gasteiger partial charge in [0.2, 0.25) is 0 Å². The zero-order chi connectivity index (χ0) is 48.4. The average Bonchev–Trinajstić information content (AvgIpc) is 3.91. The van der Waals surface area contributed by atoms with Gasteiger partial charge in [-0.15, -0.1) is 0 Å². The summed E-state index contributed by atoms with van der Waals surface area (Å²) in [6, 6.07) is 7.87. The van der Waals surface area contributed by atoms with E-state index in [1.807, 2.05) is 25.3 Å². The maximum absolute atomic E-state index is 9.86. The van der Waals surface area contributed by atoms with Crippen molar-refractivity contribution in [2.45, 2.75) is 73.1 Å². The first-order valence-corrected chi connectivity index (χ1v) is 23.1. The summed E-state index contributed by atoms with van der Waals surface area (Å²) in [5.41, 5.74) is 12.7. The maximum atomic E-state index is 9.86. The predicted octanol–water partition coefficient (Wildman–Crippen LogP) is 6.83. The first-order valence-electron chi connectivity index (χ1n) is 23.1. The Labute approximate surface area is 413 Å². The molecule has 0 saturated carbocycles. The number of nitrogens with zero attached hydrogens (tertiary/aromatic N) is 4. The van der Waals surface area contributed by atoms with E-state index in [9.17, 15) is 10.2 Å². The molecule has 68 heavy (non-hydrogen) atoms. The number of nitrogens with one attached hydrogen (secondary N) is 1. The molecule has 0 unspecified atom stereocenters. The number of carboxylic acid groups (broad SMARTS) is 1. The van der Waals surface area contributed by atoms with Gasteiger partial charge in [0.25, 0.3) is 5.97 Å². The van der Waals surface area contributed by atoms with Gasteiger partial charge in [0.1, 0.15) is 13.2 Å². The fourth-order valence-electron chi connectivity index (χ4n) is 7.41. The number of benzene rings is 1. The number of carbonyl (C=O) groups is 1. The second-order valence-electron chi connectivity index (χ2n) is 15.5. The number of ether oxygens (including phenoxy) is 8. The molecule has 0 saturated heterocycles. The summed E-state index contributed by atoms with van der Waals surface area (Å²) in [5.74, 6) is 0.105. The third kappa shape index (κ3) is 18.1. The second kappa shape index (κ2) is 32.4. The Kier molecular flexibility index (Phi) is 27.5. The molecule has 2 aromatic heterocycles. The summed E-state index contributed by atoms with van der Waals surface area (Å²) in [6.07, 6.45) is 7.76. The molecule has 18 heteroatoms. The number of methoxy groups -OCH3 is 2. The number of aromatic nitrogens is 5. The third-order valence-corrected chi connectivity index (χ3v) is 10.8. The third-order valence-electron chi connectivity index (χ3n) is 10.8. The number of aliphatic carboxylic acids is 1. The van der Waals surface area contributed by atoms with Crippen molar-refractivity contribution < 1.29 is 58.0 Å². The van der Waals surface area contributed by atoms with Crippen LogP contribution < -0.4 is 9.47 Å². The Bertz CT molecular complexity index is 2300. The van der Waals surface area contributed by atoms with Gasteiger partial charge in [-0.25, -0.2) is 9.97 Å². The van der Waals surface area contributed by atoms with Gasteiger partial charge >= 0.3 is 19.8 Å². The molecule has 3 aromatic rings. The van der Waals surface area contributed by atoms with Crippen LogP contribution in [0.3, 0.4) is 0 Å². The molecule has 0 radical (unpaired) electrons. The van der Waals surface area contributed by atoms with Crippen molar-refractivity contribution in [1.29, 1.82) is 0 Å². The van der Waals surface area contributed by atoms with Crippen LogP contribution in [0.4, 0.5) is 0 Å². The molecule has 368 valence electrons. The van der Waals surface area contributed by atoms with Crippen molar-refractivity contribution in [2.75, 3.05) is 107 Å². The van der Waals surface area contributed by atoms with Gasteiger partial charge in [0.15, 0.2) is 11.5 Å². The Hall–Kier alpha value is -4.47. The van der Waals surface area contributed by atoms with Crippen molar-refractivity contribution >= 4 is 70.1 Å². The molecular formula is C50H71GaN5O12+3. The topological polar surface area (TPSA) is 219 Å². The maximum Gasteiger partial charge on any atom is 3.00 e. The molecule has 0 fully saturated rings. The number of fused-ring (bicyclic) bond motifs is 7. The van der Waals surface area contributed by atoms with Gasteiger partial charge in [-0.3, -0.25) is 14.8 Å². The van der Waals surface area contributed by atoms with Crippen LogP contribution in [-0.4, -0.2) is 173 Å². The van der Waals surface area contributed by atoms with Crippen LogP contribution in [-0.2, 0) is 39.6 Å². The van der Waals surface area contributed by atoms with Gasteiger partial charge in [-0.2, -0.15) is 0 Å². The Morgan fingerprint density at radius 3 is 1.53 bits per heavy atom. The summed E-state index contributed by atoms with van der Waals surface area (Å²) in [6.45, 7) is 14.6. The van der Waals surface area contributed by atoms with Crippen LogP contribution >= 0.6 is 0 Å². The number of aliphatic hydroxyl groups is 2. The number of H-pyrrole nitrogens is 1. The molecule has 6 bridgehead atoms. The van der Waals surface area contributed by atoms with Crippen molar-refractivity contribution in [3.05, 3.63) is 70.6 Å². The summed E-state index contributed by atoms with van der Waals surface area (Å²) in [7, 11) is 3.28. The van der Waals surface area contributed by atoms with Gasteiger partial charge in [0.05, 0.1) is 118 Å². The van der Waals surface area contributed by atoms with E-state index in [1.54, 1.807) is 20.4 Å². The molecule has 0 amide bonds. The smallest absolute Gasteiger partial charge is 0.487 e. The van der Waals surface area contributed by atoms with Crippen molar-refractivity contribution in [3.8, 4) is 11.5 Å². The molecule has 4 N–H and O–H groups in total. The van der Waals surface area contributed by atoms with E-state index in [-0.39, 0.29) is 46.2 Å². The number of aryl methyl sites for hydroxylation is 2. The molecule has 0 spiro atoms. The van der Waals surface area contributed by atoms with Crippen LogP contribution in [0.15, 0.2) is 36.7 Å². The van der Waals surface area contributed by atoms with E-state index in [2.05, 4.69) is 37.9 Å². The molecule has 1 aromatic carbocycles. The van der Waals surface area contributed by atoms with E-state index < -0.39 is 5.97 Å². The fraction of sp³-hybridized carbons (Fsp3) is 0.540. The SMILES string of the molecule is CC(=O)O.CCC1=C(CC)c2cc3[nH]c(cnc4cc(OCCOCCOCCOC)c(OCCOCCOCCOC)cc4ncc4nc(cc1n2)C(CCCO)=C4C)c(C)c3CCCO.[Ga+3]. The number of rotatable bonds is 28. The number of aromatic amines is 1. The van der Waals surface area contributed by atoms with Crippen molar-refractivity contribution in [1.82, 2.24) is 24.9 Å². The van der Waals surface area contributed by atoms with Crippen LogP contribution in [0.25, 0.3) is 44.4 Å². The first kappa shape index (κ1) is 57.8. The number of hydrogen-bond donors (Lipinski definition) is 4. The minimum absolute atomic E-state index is 0. The second-order valence-corrected chi connectivity index (χ2v) is 15.5. The monoisotopic (exact) mass is 1000 g/mol. The van der Waals surface area contributed by atoms with E-state index in [4.69, 9.17) is 67.7 Å². The Balaban J connectivity index is 0.00000235. The van der Waals surface area contributed by atoms with Gasteiger partial charge in [0, 0.05) is 52.0 Å². The van der Waals surface area contributed by atoms with Gasteiger partial charge in [-0.1, -0.05) is 13.8 Å². The van der Waals surface area contributed by atoms with Crippen molar-refractivity contribution in [2.24, 2.45) is 0 Å². The molecule has 17 nitrogen and oxygen atoms in total. The van der Waals surface area contributed by atoms with Crippen LogP contribution in [0, 0.1) is 6.92 Å². The van der Waals surface area contributed by atoms with Gasteiger partial charge < -0.3 is 58.2 Å². The number of aliphatic hydroxyl groups excluding tert-OH is 2. The van der Waals surface area contributed by atoms with E-state index >= 15 is 0 Å². The molecule has 2 aliphatic rings. The molecule has 0 aliphatic carbocycles. The Morgan fingerprint density at radius 2 is 1.03 bits per heavy atom. The first-order chi connectivity index (χ1) is 32.6. The number of hydrogen-bond acceptors (Lipinski definition) is 15. The van der Waals surface area contributed by atoms with Crippen LogP contribution in [0.1, 0.15) is 93.7 Å². The van der Waals surface area contributed by atoms with Gasteiger partial charge in [-0.05, 0) is 97.9 Å². The molecule has 2 aliphatic heterocycles. The summed E-state index contributed by atoms with van der Waals surface area (Å²) in [5, 5.41) is 27.1. The Morgan fingerprint density at radius 1 is 0.588 bits per heavy atom. The largest absolute Gasteiger partial charge is 3.00 e. The van der Waals surface area contributed by atoms with Crippen LogP contribution in [0.2, 0.25) is 0 Å². The number of allylic oxidation sites excluding steroid dienone is 4. The normalized spacial score (nSPS) is 12.1. The minimum atomic E-state index is -0.833. The standard InChI is InChI=1S/C48H67N5O10.C2H4O2.Ga/c1-7-35-36(8-2)40-28-42-38(12-10-14-55)34(4)46(53-42)32-50-44-30-48(63-26-24-61-22-20-59-18-16-57-6)47(62-25-23-60-21-19-58-17-15-56-5)29-43(44)49-31-45-33(3)37(11-9-13-54)41(52-45)27-39(35)51-40;1-2(3)4;/h27-32,52,54-55H,7-26H2,1-6H3;1H3,(H,3,4);/q;;+3. The summed E-state index contributed by atoms with van der Waals surface area (Å²) < 4.78 is 45.3.